The smallest absolute Gasteiger partial charge is 0.340 e. The molecule has 0 aliphatic heterocycles. The van der Waals surface area contributed by atoms with Gasteiger partial charge in [-0.05, 0) is 32.3 Å². The molecule has 0 saturated heterocycles. The molecular weight excluding hydrogens is 292 g/mol. The first-order chi connectivity index (χ1) is 9.77. The lowest BCUT2D eigenvalue weighted by atomic mass is 9.97. The summed E-state index contributed by atoms with van der Waals surface area (Å²) in [4.78, 5) is 16.2. The SMILES string of the molecule is Cc1ncc(N)cc1C(=O)OC1CCCC(S(C)(=O)=O)C1. The summed E-state index contributed by atoms with van der Waals surface area (Å²) in [5, 5.41) is -0.427. The largest absolute Gasteiger partial charge is 0.459 e. The summed E-state index contributed by atoms with van der Waals surface area (Å²) in [5.74, 6) is -0.494. The predicted molar refractivity (Wildman–Crippen MR) is 79.7 cm³/mol. The number of rotatable bonds is 3. The van der Waals surface area contributed by atoms with E-state index in [4.69, 9.17) is 10.5 Å². The minimum absolute atomic E-state index is 0.330. The zero-order valence-corrected chi connectivity index (χ0v) is 13.0. The highest BCUT2D eigenvalue weighted by atomic mass is 32.2. The second kappa shape index (κ2) is 6.01. The van der Waals surface area contributed by atoms with Crippen molar-refractivity contribution in [3.63, 3.8) is 0 Å². The molecule has 1 saturated carbocycles. The third kappa shape index (κ3) is 3.93. The Labute approximate surface area is 124 Å². The van der Waals surface area contributed by atoms with E-state index in [1.807, 2.05) is 0 Å². The highest BCUT2D eigenvalue weighted by Crippen LogP contribution is 2.27. The lowest BCUT2D eigenvalue weighted by Gasteiger charge is -2.27. The van der Waals surface area contributed by atoms with E-state index < -0.39 is 21.1 Å². The van der Waals surface area contributed by atoms with Crippen LogP contribution in [0.25, 0.3) is 0 Å². The Morgan fingerprint density at radius 2 is 2.14 bits per heavy atom. The maximum absolute atomic E-state index is 12.2. The minimum Gasteiger partial charge on any atom is -0.459 e. The molecule has 6 nitrogen and oxygen atoms in total. The van der Waals surface area contributed by atoms with Crippen molar-refractivity contribution in [2.24, 2.45) is 0 Å². The molecule has 2 N–H and O–H groups in total. The summed E-state index contributed by atoms with van der Waals surface area (Å²) in [6.07, 6.45) is 4.76. The summed E-state index contributed by atoms with van der Waals surface area (Å²) in [6, 6.07) is 1.53. The van der Waals surface area contributed by atoms with Crippen molar-refractivity contribution in [2.45, 2.75) is 44.0 Å². The minimum atomic E-state index is -3.10. The van der Waals surface area contributed by atoms with E-state index in [0.29, 0.717) is 36.2 Å². The predicted octanol–water partition coefficient (Wildman–Crippen LogP) is 1.48. The van der Waals surface area contributed by atoms with Crippen LogP contribution >= 0.6 is 0 Å². The molecule has 0 radical (unpaired) electrons. The number of ether oxygens (including phenoxy) is 1. The second-order valence-corrected chi connectivity index (χ2v) is 7.87. The van der Waals surface area contributed by atoms with Crippen LogP contribution in [-0.2, 0) is 14.6 Å². The van der Waals surface area contributed by atoms with Gasteiger partial charge < -0.3 is 10.5 Å². The normalized spacial score (nSPS) is 22.8. The average molecular weight is 312 g/mol. The van der Waals surface area contributed by atoms with Crippen molar-refractivity contribution >= 4 is 21.5 Å². The van der Waals surface area contributed by atoms with Crippen LogP contribution in [0.3, 0.4) is 0 Å². The monoisotopic (exact) mass is 312 g/mol. The van der Waals surface area contributed by atoms with E-state index in [2.05, 4.69) is 4.98 Å². The Balaban J connectivity index is 2.07. The Hall–Kier alpha value is -1.63. The molecule has 0 bridgehead atoms. The first kappa shape index (κ1) is 15.8. The average Bonchev–Trinajstić information content (AvgIpc) is 2.41. The molecule has 1 aliphatic rings. The number of sulfone groups is 1. The van der Waals surface area contributed by atoms with E-state index in [1.165, 1.54) is 18.5 Å². The van der Waals surface area contributed by atoms with Crippen LogP contribution < -0.4 is 5.73 Å². The molecule has 0 amide bonds. The molecule has 1 aliphatic carbocycles. The van der Waals surface area contributed by atoms with Gasteiger partial charge >= 0.3 is 5.97 Å². The molecule has 2 atom stereocenters. The number of nitrogens with two attached hydrogens (primary N) is 1. The molecule has 21 heavy (non-hydrogen) atoms. The van der Waals surface area contributed by atoms with Crippen LogP contribution in [0.4, 0.5) is 5.69 Å². The Morgan fingerprint density at radius 1 is 1.43 bits per heavy atom. The lowest BCUT2D eigenvalue weighted by molar-refractivity contribution is 0.0213. The molecule has 0 spiro atoms. The van der Waals surface area contributed by atoms with E-state index in [1.54, 1.807) is 6.92 Å². The second-order valence-electron chi connectivity index (χ2n) is 5.55. The first-order valence-corrected chi connectivity index (χ1v) is 8.85. The van der Waals surface area contributed by atoms with Crippen molar-refractivity contribution in [1.29, 1.82) is 0 Å². The number of hydrogen-bond donors (Lipinski definition) is 1. The fourth-order valence-electron chi connectivity index (χ4n) is 2.57. The zero-order chi connectivity index (χ0) is 15.6. The van der Waals surface area contributed by atoms with Crippen LogP contribution in [0, 0.1) is 6.92 Å². The quantitative estimate of drug-likeness (QED) is 0.849. The van der Waals surface area contributed by atoms with Gasteiger partial charge in [-0.25, -0.2) is 13.2 Å². The van der Waals surface area contributed by atoms with Crippen LogP contribution in [0.2, 0.25) is 0 Å². The molecule has 0 aromatic carbocycles. The first-order valence-electron chi connectivity index (χ1n) is 6.89. The number of nitrogen functional groups attached to an aromatic ring is 1. The number of carbonyl (C=O) groups excluding carboxylic acids is 1. The van der Waals surface area contributed by atoms with Crippen molar-refractivity contribution in [1.82, 2.24) is 4.98 Å². The highest BCUT2D eigenvalue weighted by Gasteiger charge is 2.31. The summed E-state index contributed by atoms with van der Waals surface area (Å²) in [6.45, 7) is 1.70. The molecule has 1 heterocycles. The number of hydrogen-bond acceptors (Lipinski definition) is 6. The van der Waals surface area contributed by atoms with Crippen molar-refractivity contribution < 1.29 is 17.9 Å². The highest BCUT2D eigenvalue weighted by molar-refractivity contribution is 7.91. The zero-order valence-electron chi connectivity index (χ0n) is 12.2. The number of esters is 1. The van der Waals surface area contributed by atoms with Gasteiger partial charge in [-0.1, -0.05) is 0 Å². The molecule has 1 aromatic rings. The van der Waals surface area contributed by atoms with Crippen LogP contribution in [0.15, 0.2) is 12.3 Å². The van der Waals surface area contributed by atoms with Gasteiger partial charge in [-0.15, -0.1) is 0 Å². The third-order valence-electron chi connectivity index (χ3n) is 3.79. The number of carbonyl (C=O) groups is 1. The summed E-state index contributed by atoms with van der Waals surface area (Å²) in [7, 11) is -3.10. The van der Waals surface area contributed by atoms with Gasteiger partial charge in [0.15, 0.2) is 0 Å². The lowest BCUT2D eigenvalue weighted by Crippen LogP contribution is -2.33. The Bertz CT molecular complexity index is 642. The van der Waals surface area contributed by atoms with Gasteiger partial charge in [0, 0.05) is 12.7 Å². The molecule has 2 unspecified atom stereocenters. The number of aryl methyl sites for hydroxylation is 1. The Morgan fingerprint density at radius 3 is 2.81 bits per heavy atom. The van der Waals surface area contributed by atoms with Crippen LogP contribution in [-0.4, -0.2) is 37.0 Å². The fourth-order valence-corrected chi connectivity index (χ4v) is 3.73. The molecular formula is C14H20N2O4S. The summed E-state index contributed by atoms with van der Waals surface area (Å²) < 4.78 is 28.7. The van der Waals surface area contributed by atoms with Crippen LogP contribution in [0.1, 0.15) is 41.7 Å². The maximum Gasteiger partial charge on any atom is 0.340 e. The standard InChI is InChI=1S/C14H20N2O4S/c1-9-13(6-10(15)8-16-9)14(17)20-11-4-3-5-12(7-11)21(2,18)19/h6,8,11-12H,3-5,7,15H2,1-2H3. The van der Waals surface area contributed by atoms with Crippen molar-refractivity contribution in [2.75, 3.05) is 12.0 Å². The van der Waals surface area contributed by atoms with Gasteiger partial charge in [0.05, 0.1) is 28.4 Å². The van der Waals surface area contributed by atoms with Gasteiger partial charge in [0.2, 0.25) is 0 Å². The molecule has 1 fully saturated rings. The molecule has 7 heteroatoms. The fraction of sp³-hybridized carbons (Fsp3) is 0.571. The molecule has 1 aromatic heterocycles. The van der Waals surface area contributed by atoms with Gasteiger partial charge in [0.25, 0.3) is 0 Å². The van der Waals surface area contributed by atoms with Crippen molar-refractivity contribution in [3.05, 3.63) is 23.5 Å². The number of pyridine rings is 1. The van der Waals surface area contributed by atoms with Crippen molar-refractivity contribution in [3.8, 4) is 0 Å². The van der Waals surface area contributed by atoms with E-state index in [0.717, 1.165) is 6.42 Å². The molecule has 116 valence electrons. The number of nitrogens with zero attached hydrogens (tertiary/aromatic N) is 1. The summed E-state index contributed by atoms with van der Waals surface area (Å²) in [5.41, 5.74) is 6.90. The van der Waals surface area contributed by atoms with Gasteiger partial charge in [0.1, 0.15) is 15.9 Å². The number of anilines is 1. The number of aromatic nitrogens is 1. The maximum atomic E-state index is 12.2. The van der Waals surface area contributed by atoms with Crippen LogP contribution in [0.5, 0.6) is 0 Å². The third-order valence-corrected chi connectivity index (χ3v) is 5.42. The topological polar surface area (TPSA) is 99.3 Å². The van der Waals surface area contributed by atoms with E-state index in [9.17, 15) is 13.2 Å². The molecule has 2 rings (SSSR count). The Kier molecular flexibility index (Phi) is 4.51. The van der Waals surface area contributed by atoms with Gasteiger partial charge in [-0.3, -0.25) is 4.98 Å². The van der Waals surface area contributed by atoms with E-state index >= 15 is 0 Å². The van der Waals surface area contributed by atoms with Gasteiger partial charge in [-0.2, -0.15) is 0 Å². The summed E-state index contributed by atoms with van der Waals surface area (Å²) >= 11 is 0. The van der Waals surface area contributed by atoms with E-state index in [-0.39, 0.29) is 6.10 Å².